The SMILES string of the molecule is [2H]c1c([2H])c([2H])c(-c2cc(-n3c4ccccc4c4ccccc43)cc(-c3c([2H])c([2H])c([2H])c([2H])c3[2H])c2-n2[c](=[Pt])n(-c3[c-]c(Oc4[c-]c5c(cc4)c4ccccc4n5-c4ccc(-c5ccccc5)cn4)ccc3)c3ccccc32)c([2H])c1[2H]. The number of rotatable bonds is 9. The van der Waals surface area contributed by atoms with Crippen LogP contribution in [-0.2, 0) is 19.4 Å². The van der Waals surface area contributed by atoms with Gasteiger partial charge in [0.15, 0.2) is 0 Å². The first-order chi connectivity index (χ1) is 40.3. The Morgan fingerprint density at radius 2 is 0.973 bits per heavy atom. The normalized spacial score (nSPS) is 13.6. The van der Waals surface area contributed by atoms with Crippen LogP contribution in [0.15, 0.2) is 249 Å². The monoisotopic (exact) mass is 1120 g/mol. The fourth-order valence-corrected chi connectivity index (χ4v) is 11.2. The predicted molar refractivity (Wildman–Crippen MR) is 293 cm³/mol. The molecule has 14 aromatic rings. The van der Waals surface area contributed by atoms with Gasteiger partial charge in [0.25, 0.3) is 0 Å². The van der Waals surface area contributed by atoms with Crippen LogP contribution in [0.1, 0.15) is 13.7 Å². The molecule has 0 fully saturated rings. The summed E-state index contributed by atoms with van der Waals surface area (Å²) in [5.74, 6) is 1.50. The van der Waals surface area contributed by atoms with Crippen LogP contribution in [-0.4, -0.2) is 23.3 Å². The van der Waals surface area contributed by atoms with Crippen molar-refractivity contribution in [2.75, 3.05) is 0 Å². The van der Waals surface area contributed by atoms with Gasteiger partial charge in [-0.25, -0.2) is 0 Å². The Morgan fingerprint density at radius 3 is 1.59 bits per heavy atom. The molecule has 4 heterocycles. The molecule has 0 atom stereocenters. The first-order valence-electron chi connectivity index (χ1n) is 28.5. The zero-order chi connectivity index (χ0) is 57.1. The van der Waals surface area contributed by atoms with Crippen molar-refractivity contribution in [2.24, 2.45) is 0 Å². The van der Waals surface area contributed by atoms with Crippen molar-refractivity contribution in [1.29, 1.82) is 0 Å². The first-order valence-corrected chi connectivity index (χ1v) is 24.6. The molecule has 348 valence electrons. The van der Waals surface area contributed by atoms with E-state index in [-0.39, 0.29) is 27.9 Å². The van der Waals surface area contributed by atoms with Crippen LogP contribution < -0.4 is 4.74 Å². The molecular weight excluding hydrogens is 1070 g/mol. The summed E-state index contributed by atoms with van der Waals surface area (Å²) in [4.78, 5) is 4.94. The van der Waals surface area contributed by atoms with Gasteiger partial charge in [-0.05, 0) is 11.6 Å². The van der Waals surface area contributed by atoms with E-state index in [1.807, 2.05) is 153 Å². The molecule has 0 aliphatic rings. The summed E-state index contributed by atoms with van der Waals surface area (Å²) in [5, 5.41) is 3.83. The average molecular weight is 1130 g/mol. The number of hydrogen-bond acceptors (Lipinski definition) is 2. The molecular formula is C66H41N5OPt-2. The molecule has 10 aromatic carbocycles. The van der Waals surface area contributed by atoms with E-state index < -0.39 is 60.4 Å². The van der Waals surface area contributed by atoms with E-state index in [4.69, 9.17) is 17.9 Å². The fourth-order valence-electron chi connectivity index (χ4n) is 10.1. The van der Waals surface area contributed by atoms with Gasteiger partial charge in [-0.3, -0.25) is 0 Å². The Bertz CT molecular complexity index is 4910. The zero-order valence-electron chi connectivity index (χ0n) is 48.4. The molecule has 0 bridgehead atoms. The van der Waals surface area contributed by atoms with Crippen LogP contribution in [0.3, 0.4) is 0 Å². The number of imidazole rings is 1. The molecule has 0 saturated heterocycles. The van der Waals surface area contributed by atoms with Crippen molar-refractivity contribution in [3.63, 3.8) is 0 Å². The molecule has 0 aliphatic carbocycles. The summed E-state index contributed by atoms with van der Waals surface area (Å²) in [6, 6.07) is 60.0. The van der Waals surface area contributed by atoms with Crippen LogP contribution in [0.4, 0.5) is 0 Å². The number of hydrogen-bond donors (Lipinski definition) is 0. The molecule has 0 N–H and O–H groups in total. The number of nitrogens with zero attached hydrogens (tertiary/aromatic N) is 5. The van der Waals surface area contributed by atoms with Crippen LogP contribution >= 0.6 is 0 Å². The van der Waals surface area contributed by atoms with Gasteiger partial charge in [0.2, 0.25) is 0 Å². The Morgan fingerprint density at radius 1 is 0.425 bits per heavy atom. The quantitative estimate of drug-likeness (QED) is 0.135. The van der Waals surface area contributed by atoms with Gasteiger partial charge in [0, 0.05) is 11.8 Å². The Hall–Kier alpha value is -9.09. The molecule has 73 heavy (non-hydrogen) atoms. The maximum absolute atomic E-state index is 9.55. The van der Waals surface area contributed by atoms with Crippen molar-refractivity contribution in [3.8, 4) is 67.8 Å². The Kier molecular flexibility index (Phi) is 8.09. The summed E-state index contributed by atoms with van der Waals surface area (Å²) in [5.41, 5.74) is 7.71. The molecule has 14 rings (SSSR count). The van der Waals surface area contributed by atoms with Gasteiger partial charge >= 0.3 is 382 Å². The van der Waals surface area contributed by atoms with Crippen LogP contribution in [0.25, 0.3) is 111 Å². The van der Waals surface area contributed by atoms with E-state index in [0.717, 1.165) is 54.7 Å². The maximum atomic E-state index is 9.55. The summed E-state index contributed by atoms with van der Waals surface area (Å²) >= 11 is 2.18. The second-order valence-corrected chi connectivity index (χ2v) is 18.4. The van der Waals surface area contributed by atoms with Gasteiger partial charge < -0.3 is 0 Å². The second-order valence-electron chi connectivity index (χ2n) is 17.4. The minimum absolute atomic E-state index is 0.140. The van der Waals surface area contributed by atoms with Gasteiger partial charge in [-0.15, -0.1) is 0 Å². The summed E-state index contributed by atoms with van der Waals surface area (Å²) in [6.07, 6.45) is 1.87. The first kappa shape index (κ1) is 33.5. The van der Waals surface area contributed by atoms with Gasteiger partial charge in [0.05, 0.1) is 0 Å². The molecule has 6 nitrogen and oxygen atoms in total. The molecule has 7 heteroatoms. The van der Waals surface area contributed by atoms with Crippen molar-refractivity contribution < 1.29 is 37.8 Å². The molecule has 0 radical (unpaired) electrons. The standard InChI is InChI=1S/C66H41N5O.Pt/c1-4-19-45(20-5-1)48-35-38-65(67-43-48)71-61-32-15-12-29-55(61)56-37-36-52(42-64(56)71)72-51-26-18-25-49(39-51)68-44-69(63-34-17-16-33-62(63)68)66-57(46-21-6-2-7-22-46)40-50(41-58(66)47-23-8-3-9-24-47)70-59-30-13-10-27-53(59)54-28-11-14-31-60(54)70;/h1-38,40-41,43H;/q-2;/i2D,3D,6D,7D,8D,9D,21D,22D,23D,24D;. The van der Waals surface area contributed by atoms with Gasteiger partial charge in [-0.1, -0.05) is 42.5 Å². The number of para-hydroxylation sites is 5. The van der Waals surface area contributed by atoms with E-state index in [9.17, 15) is 5.48 Å². The van der Waals surface area contributed by atoms with Crippen LogP contribution in [0, 0.1) is 15.9 Å². The van der Waals surface area contributed by atoms with Crippen molar-refractivity contribution in [1.82, 2.24) is 23.3 Å². The summed E-state index contributed by atoms with van der Waals surface area (Å²) < 4.78 is 107. The van der Waals surface area contributed by atoms with E-state index >= 15 is 0 Å². The van der Waals surface area contributed by atoms with E-state index in [1.165, 1.54) is 0 Å². The molecule has 0 unspecified atom stereocenters. The summed E-state index contributed by atoms with van der Waals surface area (Å²) in [6.45, 7) is 0. The van der Waals surface area contributed by atoms with Crippen molar-refractivity contribution in [3.05, 3.63) is 265 Å². The third-order valence-corrected chi connectivity index (χ3v) is 14.3. The third kappa shape index (κ3) is 7.21. The Balaban J connectivity index is 0.994. The number of aromatic nitrogens is 5. The zero-order valence-corrected chi connectivity index (χ0v) is 40.6. The molecule has 0 saturated carbocycles. The fraction of sp³-hybridized carbons (Fsp3) is 0. The van der Waals surface area contributed by atoms with Crippen LogP contribution in [0.5, 0.6) is 11.5 Å². The molecule has 0 spiro atoms. The van der Waals surface area contributed by atoms with E-state index in [1.54, 1.807) is 18.2 Å². The van der Waals surface area contributed by atoms with Gasteiger partial charge in [-0.2, -0.15) is 0 Å². The predicted octanol–water partition coefficient (Wildman–Crippen LogP) is 16.5. The minimum atomic E-state index is -0.586. The van der Waals surface area contributed by atoms with Crippen molar-refractivity contribution in [2.45, 2.75) is 0 Å². The van der Waals surface area contributed by atoms with E-state index in [0.29, 0.717) is 43.5 Å². The van der Waals surface area contributed by atoms with E-state index in [2.05, 4.69) is 66.4 Å². The van der Waals surface area contributed by atoms with Crippen molar-refractivity contribution >= 4 is 54.6 Å². The number of benzene rings is 10. The third-order valence-electron chi connectivity index (χ3n) is 13.3. The summed E-state index contributed by atoms with van der Waals surface area (Å²) in [7, 11) is 0. The molecule has 0 aliphatic heterocycles. The van der Waals surface area contributed by atoms with Crippen LogP contribution in [0.2, 0.25) is 0 Å². The van der Waals surface area contributed by atoms with Gasteiger partial charge in [0.1, 0.15) is 0 Å². The average Bonchev–Trinajstić information content (AvgIpc) is 2.06. The topological polar surface area (TPSA) is 41.8 Å². The Labute approximate surface area is 446 Å². The molecule has 4 aromatic heterocycles. The molecule has 0 amide bonds. The number of fused-ring (bicyclic) bond motifs is 7. The second kappa shape index (κ2) is 17.6. The number of ether oxygens (including phenoxy) is 1. The number of pyridine rings is 1.